The van der Waals surface area contributed by atoms with Gasteiger partial charge in [-0.1, -0.05) is 88.9 Å². The lowest BCUT2D eigenvalue weighted by Gasteiger charge is -2.22. The summed E-state index contributed by atoms with van der Waals surface area (Å²) in [6.07, 6.45) is 0. The highest BCUT2D eigenvalue weighted by Gasteiger charge is 2.24. The Balaban J connectivity index is 1.66. The summed E-state index contributed by atoms with van der Waals surface area (Å²) in [5.74, 6) is -0.0855. The van der Waals surface area contributed by atoms with Gasteiger partial charge in [-0.05, 0) is 34.8 Å². The van der Waals surface area contributed by atoms with Crippen molar-refractivity contribution in [2.24, 2.45) is 0 Å². The van der Waals surface area contributed by atoms with Gasteiger partial charge in [0.2, 0.25) is 0 Å². The van der Waals surface area contributed by atoms with E-state index in [2.05, 4.69) is 9.59 Å². The molecule has 4 nitrogen and oxygen atoms in total. The molecule has 0 radical (unpaired) electrons. The highest BCUT2D eigenvalue weighted by molar-refractivity contribution is 7.08. The molecule has 1 aromatic heterocycles. The number of halogens is 1. The molecule has 29 heavy (non-hydrogen) atoms. The summed E-state index contributed by atoms with van der Waals surface area (Å²) in [4.78, 5) is 15.9. The van der Waals surface area contributed by atoms with Crippen molar-refractivity contribution in [3.63, 3.8) is 0 Å². The van der Waals surface area contributed by atoms with Crippen LogP contribution in [0.1, 0.15) is 20.8 Å². The second-order valence-corrected chi connectivity index (χ2v) is 7.78. The van der Waals surface area contributed by atoms with E-state index in [1.54, 1.807) is 12.1 Å². The van der Waals surface area contributed by atoms with Crippen molar-refractivity contribution < 1.29 is 4.79 Å². The van der Waals surface area contributed by atoms with Crippen molar-refractivity contribution in [1.29, 1.82) is 0 Å². The summed E-state index contributed by atoms with van der Waals surface area (Å²) in [6.45, 7) is 1.01. The van der Waals surface area contributed by atoms with E-state index in [1.807, 2.05) is 77.7 Å². The van der Waals surface area contributed by atoms with Gasteiger partial charge < -0.3 is 4.90 Å². The highest BCUT2D eigenvalue weighted by atomic mass is 35.5. The lowest BCUT2D eigenvalue weighted by molar-refractivity contribution is 0.0735. The van der Waals surface area contributed by atoms with Gasteiger partial charge in [0.1, 0.15) is 10.6 Å². The minimum absolute atomic E-state index is 0.0855. The third kappa shape index (κ3) is 4.70. The molecular formula is C23H18ClN3OS. The first-order chi connectivity index (χ1) is 14.2. The Morgan fingerprint density at radius 3 is 1.93 bits per heavy atom. The Kier molecular flexibility index (Phi) is 5.98. The average molecular weight is 420 g/mol. The van der Waals surface area contributed by atoms with Crippen LogP contribution in [0.3, 0.4) is 0 Å². The number of carbonyl (C=O) groups excluding carboxylic acids is 1. The smallest absolute Gasteiger partial charge is 0.268 e. The highest BCUT2D eigenvalue weighted by Crippen LogP contribution is 2.27. The Hall–Kier alpha value is -3.02. The summed E-state index contributed by atoms with van der Waals surface area (Å²) in [5.41, 5.74) is 3.55. The molecule has 0 N–H and O–H groups in total. The van der Waals surface area contributed by atoms with Crippen molar-refractivity contribution in [3.05, 3.63) is 106 Å². The van der Waals surface area contributed by atoms with E-state index < -0.39 is 0 Å². The van der Waals surface area contributed by atoms with Crippen LogP contribution in [-0.2, 0) is 13.1 Å². The summed E-state index contributed by atoms with van der Waals surface area (Å²) < 4.78 is 4.05. The fourth-order valence-electron chi connectivity index (χ4n) is 3.08. The van der Waals surface area contributed by atoms with Crippen LogP contribution < -0.4 is 0 Å². The van der Waals surface area contributed by atoms with Gasteiger partial charge in [-0.2, -0.15) is 0 Å². The van der Waals surface area contributed by atoms with Crippen LogP contribution in [0.4, 0.5) is 0 Å². The molecule has 1 amide bonds. The number of aromatic nitrogens is 2. The second kappa shape index (κ2) is 8.99. The van der Waals surface area contributed by atoms with E-state index in [1.165, 1.54) is 0 Å². The zero-order chi connectivity index (χ0) is 20.1. The van der Waals surface area contributed by atoms with Crippen LogP contribution in [0.2, 0.25) is 5.02 Å². The lowest BCUT2D eigenvalue weighted by atomic mass is 10.1. The van der Waals surface area contributed by atoms with Gasteiger partial charge in [0, 0.05) is 23.7 Å². The maximum absolute atomic E-state index is 13.5. The zero-order valence-corrected chi connectivity index (χ0v) is 17.1. The number of hydrogen-bond acceptors (Lipinski definition) is 4. The van der Waals surface area contributed by atoms with Crippen LogP contribution >= 0.6 is 23.1 Å². The minimum atomic E-state index is -0.0855. The van der Waals surface area contributed by atoms with Gasteiger partial charge in [-0.15, -0.1) is 5.10 Å². The molecule has 3 aromatic carbocycles. The molecule has 6 heteroatoms. The molecule has 0 bridgehead atoms. The van der Waals surface area contributed by atoms with E-state index in [4.69, 9.17) is 11.6 Å². The second-order valence-electron chi connectivity index (χ2n) is 6.59. The first-order valence-electron chi connectivity index (χ1n) is 9.16. The molecule has 0 aliphatic heterocycles. The normalized spacial score (nSPS) is 10.7. The summed E-state index contributed by atoms with van der Waals surface area (Å²) in [5, 5.41) is 4.85. The molecule has 144 valence electrons. The molecule has 0 spiro atoms. The number of hydrogen-bond donors (Lipinski definition) is 0. The monoisotopic (exact) mass is 419 g/mol. The Bertz CT molecular complexity index is 1040. The largest absolute Gasteiger partial charge is 0.329 e. The fraction of sp³-hybridized carbons (Fsp3) is 0.0870. The molecule has 0 atom stereocenters. The van der Waals surface area contributed by atoms with Crippen LogP contribution in [0.15, 0.2) is 84.9 Å². The molecule has 0 saturated heterocycles. The number of nitrogens with zero attached hydrogens (tertiary/aromatic N) is 3. The maximum Gasteiger partial charge on any atom is 0.268 e. The molecule has 4 aromatic rings. The standard InChI is InChI=1S/C23H18ClN3OS/c24-20-13-11-19(12-14-20)21-22(29-26-25-21)23(28)27(15-17-7-3-1-4-8-17)16-18-9-5-2-6-10-18/h1-14H,15-16H2. The molecule has 1 heterocycles. The number of carbonyl (C=O) groups is 1. The van der Waals surface area contributed by atoms with Crippen molar-refractivity contribution >= 4 is 29.0 Å². The van der Waals surface area contributed by atoms with Crippen LogP contribution in [-0.4, -0.2) is 20.4 Å². The molecule has 0 unspecified atom stereocenters. The number of benzene rings is 3. The van der Waals surface area contributed by atoms with Crippen LogP contribution in [0.25, 0.3) is 11.3 Å². The first kappa shape index (κ1) is 19.3. The average Bonchev–Trinajstić information content (AvgIpc) is 3.25. The van der Waals surface area contributed by atoms with Crippen LogP contribution in [0, 0.1) is 0 Å². The topological polar surface area (TPSA) is 46.1 Å². The van der Waals surface area contributed by atoms with E-state index in [0.717, 1.165) is 28.2 Å². The van der Waals surface area contributed by atoms with Crippen molar-refractivity contribution in [2.75, 3.05) is 0 Å². The Labute approximate surface area is 178 Å². The third-order valence-electron chi connectivity index (χ3n) is 4.52. The molecule has 0 aliphatic carbocycles. The predicted octanol–water partition coefficient (Wildman–Crippen LogP) is 5.70. The van der Waals surface area contributed by atoms with Gasteiger partial charge in [0.25, 0.3) is 5.91 Å². The Morgan fingerprint density at radius 1 is 0.828 bits per heavy atom. The maximum atomic E-state index is 13.5. The van der Waals surface area contributed by atoms with E-state index in [9.17, 15) is 4.79 Å². The quantitative estimate of drug-likeness (QED) is 0.402. The molecule has 0 fully saturated rings. The Morgan fingerprint density at radius 2 is 1.38 bits per heavy atom. The predicted molar refractivity (Wildman–Crippen MR) is 117 cm³/mol. The lowest BCUT2D eigenvalue weighted by Crippen LogP contribution is -2.30. The van der Waals surface area contributed by atoms with Crippen molar-refractivity contribution in [3.8, 4) is 11.3 Å². The number of amides is 1. The molecular weight excluding hydrogens is 402 g/mol. The third-order valence-corrected chi connectivity index (χ3v) is 5.49. The van der Waals surface area contributed by atoms with Gasteiger partial charge >= 0.3 is 0 Å². The van der Waals surface area contributed by atoms with Crippen LogP contribution in [0.5, 0.6) is 0 Å². The zero-order valence-electron chi connectivity index (χ0n) is 15.5. The summed E-state index contributed by atoms with van der Waals surface area (Å²) in [7, 11) is 0. The van der Waals surface area contributed by atoms with E-state index in [0.29, 0.717) is 28.7 Å². The van der Waals surface area contributed by atoms with Gasteiger partial charge in [-0.25, -0.2) is 0 Å². The summed E-state index contributed by atoms with van der Waals surface area (Å²) >= 11 is 7.12. The van der Waals surface area contributed by atoms with E-state index in [-0.39, 0.29) is 5.91 Å². The SMILES string of the molecule is O=C(c1snnc1-c1ccc(Cl)cc1)N(Cc1ccccc1)Cc1ccccc1. The van der Waals surface area contributed by atoms with Gasteiger partial charge in [0.15, 0.2) is 0 Å². The first-order valence-corrected chi connectivity index (χ1v) is 10.3. The molecule has 0 saturated carbocycles. The number of rotatable bonds is 6. The summed E-state index contributed by atoms with van der Waals surface area (Å²) in [6, 6.07) is 27.2. The van der Waals surface area contributed by atoms with Crippen molar-refractivity contribution in [1.82, 2.24) is 14.5 Å². The van der Waals surface area contributed by atoms with E-state index >= 15 is 0 Å². The van der Waals surface area contributed by atoms with Gasteiger partial charge in [-0.3, -0.25) is 4.79 Å². The minimum Gasteiger partial charge on any atom is -0.329 e. The molecule has 0 aliphatic rings. The molecule has 4 rings (SSSR count). The van der Waals surface area contributed by atoms with Gasteiger partial charge in [0.05, 0.1) is 0 Å². The fourth-order valence-corrected chi connectivity index (χ4v) is 3.86. The van der Waals surface area contributed by atoms with Crippen molar-refractivity contribution in [2.45, 2.75) is 13.1 Å².